The lowest BCUT2D eigenvalue weighted by molar-refractivity contribution is -0.162. The van der Waals surface area contributed by atoms with Crippen molar-refractivity contribution >= 4 is 6.09 Å². The van der Waals surface area contributed by atoms with Gasteiger partial charge in [-0.25, -0.2) is 4.79 Å². The second-order valence-corrected chi connectivity index (χ2v) is 4.76. The summed E-state index contributed by atoms with van der Waals surface area (Å²) in [6, 6.07) is 5.68. The third-order valence-electron chi connectivity index (χ3n) is 2.56. The summed E-state index contributed by atoms with van der Waals surface area (Å²) in [4.78, 5) is 12.3. The van der Waals surface area contributed by atoms with Crippen molar-refractivity contribution in [3.05, 3.63) is 29.3 Å². The predicted molar refractivity (Wildman–Crippen MR) is 71.4 cm³/mol. The molecule has 1 aromatic rings. The quantitative estimate of drug-likeness (QED) is 0.837. The molecule has 0 aliphatic carbocycles. The molecule has 21 heavy (non-hydrogen) atoms. The van der Waals surface area contributed by atoms with Crippen LogP contribution in [0.15, 0.2) is 18.2 Å². The zero-order valence-corrected chi connectivity index (χ0v) is 12.2. The molecule has 0 spiro atoms. The first-order chi connectivity index (χ1) is 9.67. The molecule has 0 fully saturated rings. The number of alkyl halides is 3. The smallest absolute Gasteiger partial charge is 0.422 e. The lowest BCUT2D eigenvalue weighted by atomic mass is 10.1. The Morgan fingerprint density at radius 3 is 2.29 bits per heavy atom. The van der Waals surface area contributed by atoms with Crippen molar-refractivity contribution in [1.29, 1.82) is 0 Å². The molecule has 0 saturated carbocycles. The zero-order chi connectivity index (χ0) is 16.0. The molecule has 4 nitrogen and oxygen atoms in total. The molecule has 118 valence electrons. The van der Waals surface area contributed by atoms with Gasteiger partial charge >= 0.3 is 12.3 Å². The number of hydrogen-bond donors (Lipinski definition) is 0. The lowest BCUT2D eigenvalue weighted by Crippen LogP contribution is -2.33. The van der Waals surface area contributed by atoms with Crippen LogP contribution in [-0.4, -0.2) is 44.0 Å². The van der Waals surface area contributed by atoms with Crippen LogP contribution in [0.5, 0.6) is 5.75 Å². The van der Waals surface area contributed by atoms with Crippen molar-refractivity contribution < 1.29 is 27.4 Å². The van der Waals surface area contributed by atoms with Crippen LogP contribution < -0.4 is 4.74 Å². The van der Waals surface area contributed by atoms with E-state index in [2.05, 4.69) is 4.74 Å². The van der Waals surface area contributed by atoms with Gasteiger partial charge < -0.3 is 14.4 Å². The molecule has 0 saturated heterocycles. The van der Waals surface area contributed by atoms with Gasteiger partial charge in [-0.15, -0.1) is 0 Å². The van der Waals surface area contributed by atoms with Crippen LogP contribution in [0.2, 0.25) is 0 Å². The Morgan fingerprint density at radius 1 is 1.19 bits per heavy atom. The van der Waals surface area contributed by atoms with Gasteiger partial charge in [-0.1, -0.05) is 6.07 Å². The molecule has 0 aliphatic rings. The minimum Gasteiger partial charge on any atom is -0.492 e. The minimum absolute atomic E-state index is 0.129. The maximum Gasteiger partial charge on any atom is 0.422 e. The molecule has 1 aromatic carbocycles. The number of ether oxygens (including phenoxy) is 2. The molecule has 0 aromatic heterocycles. The summed E-state index contributed by atoms with van der Waals surface area (Å²) in [5.74, 6) is 0.657. The molecular formula is C14H18F3NO3. The first kappa shape index (κ1) is 17.1. The van der Waals surface area contributed by atoms with E-state index in [0.717, 1.165) is 16.0 Å². The van der Waals surface area contributed by atoms with Crippen molar-refractivity contribution in [3.63, 3.8) is 0 Å². The van der Waals surface area contributed by atoms with E-state index >= 15 is 0 Å². The normalized spacial score (nSPS) is 11.1. The number of amides is 1. The van der Waals surface area contributed by atoms with Crippen LogP contribution in [0.1, 0.15) is 11.1 Å². The molecule has 0 atom stereocenters. The highest BCUT2D eigenvalue weighted by Gasteiger charge is 2.30. The van der Waals surface area contributed by atoms with E-state index in [0.29, 0.717) is 5.75 Å². The summed E-state index contributed by atoms with van der Waals surface area (Å²) >= 11 is 0. The van der Waals surface area contributed by atoms with Gasteiger partial charge in [0, 0.05) is 7.05 Å². The van der Waals surface area contributed by atoms with Gasteiger partial charge in [0.1, 0.15) is 12.4 Å². The molecule has 0 heterocycles. The molecular weight excluding hydrogens is 287 g/mol. The van der Waals surface area contributed by atoms with E-state index in [1.165, 1.54) is 7.05 Å². The average molecular weight is 305 g/mol. The number of aryl methyl sites for hydroxylation is 2. The maximum absolute atomic E-state index is 11.9. The largest absolute Gasteiger partial charge is 0.492 e. The highest BCUT2D eigenvalue weighted by molar-refractivity contribution is 5.67. The molecule has 7 heteroatoms. The Balaban J connectivity index is 2.36. The van der Waals surface area contributed by atoms with Crippen molar-refractivity contribution in [1.82, 2.24) is 4.90 Å². The van der Waals surface area contributed by atoms with E-state index in [-0.39, 0.29) is 13.2 Å². The fourth-order valence-corrected chi connectivity index (χ4v) is 1.66. The minimum atomic E-state index is -4.52. The van der Waals surface area contributed by atoms with Crippen molar-refractivity contribution in [3.8, 4) is 5.75 Å². The first-order valence-corrected chi connectivity index (χ1v) is 6.33. The second kappa shape index (κ2) is 7.19. The van der Waals surface area contributed by atoms with Gasteiger partial charge in [0.25, 0.3) is 0 Å². The fourth-order valence-electron chi connectivity index (χ4n) is 1.66. The predicted octanol–water partition coefficient (Wildman–Crippen LogP) is 3.31. The van der Waals surface area contributed by atoms with Gasteiger partial charge in [-0.3, -0.25) is 0 Å². The van der Waals surface area contributed by atoms with Crippen LogP contribution in [0.4, 0.5) is 18.0 Å². The Morgan fingerprint density at radius 2 is 1.76 bits per heavy atom. The van der Waals surface area contributed by atoms with Crippen LogP contribution >= 0.6 is 0 Å². The van der Waals surface area contributed by atoms with Gasteiger partial charge in [0.2, 0.25) is 0 Å². The molecule has 0 N–H and O–H groups in total. The topological polar surface area (TPSA) is 38.8 Å². The third-order valence-corrected chi connectivity index (χ3v) is 2.56. The highest BCUT2D eigenvalue weighted by atomic mass is 19.4. The number of benzene rings is 1. The molecule has 1 amide bonds. The summed E-state index contributed by atoms with van der Waals surface area (Å²) < 4.78 is 45.3. The van der Waals surface area contributed by atoms with E-state index in [1.807, 2.05) is 32.0 Å². The van der Waals surface area contributed by atoms with Crippen LogP contribution in [0.25, 0.3) is 0 Å². The Labute approximate surface area is 121 Å². The summed E-state index contributed by atoms with van der Waals surface area (Å²) in [5.41, 5.74) is 2.09. The molecule has 1 rings (SSSR count). The van der Waals surface area contributed by atoms with E-state index in [9.17, 15) is 18.0 Å². The summed E-state index contributed by atoms with van der Waals surface area (Å²) in [6.07, 6.45) is -5.55. The zero-order valence-electron chi connectivity index (χ0n) is 12.2. The van der Waals surface area contributed by atoms with Gasteiger partial charge in [0.05, 0.1) is 6.54 Å². The van der Waals surface area contributed by atoms with Crippen molar-refractivity contribution in [2.45, 2.75) is 20.0 Å². The van der Waals surface area contributed by atoms with Gasteiger partial charge in [0.15, 0.2) is 6.61 Å². The fraction of sp³-hybridized carbons (Fsp3) is 0.500. The maximum atomic E-state index is 11.9. The van der Waals surface area contributed by atoms with Gasteiger partial charge in [-0.2, -0.15) is 13.2 Å². The molecule has 0 unspecified atom stereocenters. The Bertz CT molecular complexity index is 469. The lowest BCUT2D eigenvalue weighted by Gasteiger charge is -2.18. The monoisotopic (exact) mass is 305 g/mol. The summed E-state index contributed by atoms with van der Waals surface area (Å²) in [5, 5.41) is 0. The number of hydrogen-bond acceptors (Lipinski definition) is 3. The van der Waals surface area contributed by atoms with Crippen LogP contribution in [0.3, 0.4) is 0 Å². The van der Waals surface area contributed by atoms with E-state index in [4.69, 9.17) is 4.74 Å². The first-order valence-electron chi connectivity index (χ1n) is 6.33. The number of rotatable bonds is 5. The number of nitrogens with zero attached hydrogens (tertiary/aromatic N) is 1. The standard InChI is InChI=1S/C14H18F3NO3/c1-10-6-11(2)8-12(7-10)20-5-4-18(3)13(19)21-9-14(15,16)17/h6-8H,4-5,9H2,1-3H3. The third kappa shape index (κ3) is 6.87. The van der Waals surface area contributed by atoms with Crippen LogP contribution in [0, 0.1) is 13.8 Å². The average Bonchev–Trinajstić information content (AvgIpc) is 2.33. The highest BCUT2D eigenvalue weighted by Crippen LogP contribution is 2.16. The van der Waals surface area contributed by atoms with Crippen molar-refractivity contribution in [2.75, 3.05) is 26.8 Å². The van der Waals surface area contributed by atoms with E-state index < -0.39 is 18.9 Å². The van der Waals surface area contributed by atoms with Gasteiger partial charge in [-0.05, 0) is 37.1 Å². The Hall–Kier alpha value is -1.92. The van der Waals surface area contributed by atoms with E-state index in [1.54, 1.807) is 0 Å². The number of carbonyl (C=O) groups is 1. The molecule has 0 bridgehead atoms. The van der Waals surface area contributed by atoms with Crippen LogP contribution in [-0.2, 0) is 4.74 Å². The summed E-state index contributed by atoms with van der Waals surface area (Å²) in [6.45, 7) is 2.57. The number of likely N-dealkylation sites (N-methyl/N-ethyl adjacent to an activating group) is 1. The summed E-state index contributed by atoms with van der Waals surface area (Å²) in [7, 11) is 1.35. The van der Waals surface area contributed by atoms with Crippen molar-refractivity contribution in [2.24, 2.45) is 0 Å². The second-order valence-electron chi connectivity index (χ2n) is 4.76. The number of carbonyl (C=O) groups excluding carboxylic acids is 1. The molecule has 0 radical (unpaired) electrons. The SMILES string of the molecule is Cc1cc(C)cc(OCCN(C)C(=O)OCC(F)(F)F)c1. The molecule has 0 aliphatic heterocycles. The number of halogens is 3. The Kier molecular flexibility index (Phi) is 5.87.